The molecule has 0 bridgehead atoms. The molecule has 1 aromatic carbocycles. The normalized spacial score (nSPS) is 12.9. The van der Waals surface area contributed by atoms with Crippen LogP contribution in [0.15, 0.2) is 24.4 Å². The molecule has 0 saturated carbocycles. The molecule has 0 saturated heterocycles. The molecule has 0 radical (unpaired) electrons. The summed E-state index contributed by atoms with van der Waals surface area (Å²) in [6, 6.07) is 3.54. The number of thiazole rings is 1. The average Bonchev–Trinajstić information content (AvgIpc) is 2.74. The summed E-state index contributed by atoms with van der Waals surface area (Å²) in [4.78, 5) is 6.78. The smallest absolute Gasteiger partial charge is 0.180 e. The second kappa shape index (κ2) is 5.63. The summed E-state index contributed by atoms with van der Waals surface area (Å²) in [5.74, 6) is -1.05. The zero-order chi connectivity index (χ0) is 14.0. The second-order valence-corrected chi connectivity index (χ2v) is 5.54. The third kappa shape index (κ3) is 3.08. The van der Waals surface area contributed by atoms with Crippen LogP contribution in [0, 0.1) is 11.6 Å². The fourth-order valence-electron chi connectivity index (χ4n) is 1.91. The van der Waals surface area contributed by atoms with Gasteiger partial charge in [0.15, 0.2) is 5.13 Å². The van der Waals surface area contributed by atoms with Gasteiger partial charge < -0.3 is 5.73 Å². The zero-order valence-corrected chi connectivity index (χ0v) is 11.5. The van der Waals surface area contributed by atoms with Crippen molar-refractivity contribution in [1.29, 1.82) is 0 Å². The molecule has 2 aromatic rings. The van der Waals surface area contributed by atoms with Crippen LogP contribution in [0.2, 0.25) is 0 Å². The van der Waals surface area contributed by atoms with E-state index < -0.39 is 11.6 Å². The van der Waals surface area contributed by atoms with Gasteiger partial charge in [-0.1, -0.05) is 6.07 Å². The topological polar surface area (TPSA) is 42.2 Å². The van der Waals surface area contributed by atoms with Crippen LogP contribution in [-0.2, 0) is 6.54 Å². The zero-order valence-electron chi connectivity index (χ0n) is 10.7. The van der Waals surface area contributed by atoms with Gasteiger partial charge in [0.1, 0.15) is 11.6 Å². The Hall–Kier alpha value is -1.53. The number of anilines is 1. The number of halogens is 2. The number of nitrogens with zero attached hydrogens (tertiary/aromatic N) is 2. The molecule has 1 atom stereocenters. The molecule has 1 unspecified atom stereocenters. The van der Waals surface area contributed by atoms with Crippen LogP contribution in [0.25, 0.3) is 0 Å². The number of hydrogen-bond acceptors (Lipinski definition) is 4. The Balaban J connectivity index is 2.17. The van der Waals surface area contributed by atoms with E-state index in [2.05, 4.69) is 4.98 Å². The Labute approximate surface area is 114 Å². The number of benzene rings is 1. The van der Waals surface area contributed by atoms with Crippen LogP contribution in [0.4, 0.5) is 13.9 Å². The molecule has 1 aromatic heterocycles. The first-order valence-corrected chi connectivity index (χ1v) is 6.65. The summed E-state index contributed by atoms with van der Waals surface area (Å²) in [6.45, 7) is 2.32. The fraction of sp³-hybridized carbons (Fsp3) is 0.308. The Bertz CT molecular complexity index is 551. The van der Waals surface area contributed by atoms with Gasteiger partial charge in [0.05, 0.1) is 0 Å². The lowest BCUT2D eigenvalue weighted by molar-refractivity contribution is 0.244. The van der Waals surface area contributed by atoms with Gasteiger partial charge in [-0.25, -0.2) is 13.8 Å². The minimum atomic E-state index is -0.525. The maximum atomic E-state index is 13.7. The second-order valence-electron chi connectivity index (χ2n) is 4.39. The van der Waals surface area contributed by atoms with Crippen LogP contribution in [0.5, 0.6) is 0 Å². The summed E-state index contributed by atoms with van der Waals surface area (Å²) >= 11 is 1.37. The molecule has 0 fully saturated rings. The van der Waals surface area contributed by atoms with Crippen LogP contribution >= 0.6 is 11.3 Å². The summed E-state index contributed by atoms with van der Waals surface area (Å²) in [6.07, 6.45) is 1.68. The average molecular weight is 283 g/mol. The Morgan fingerprint density at radius 1 is 1.37 bits per heavy atom. The number of hydrogen-bond donors (Lipinski definition) is 1. The summed E-state index contributed by atoms with van der Waals surface area (Å²) in [5.41, 5.74) is 5.64. The van der Waals surface area contributed by atoms with Crippen molar-refractivity contribution in [3.05, 3.63) is 46.5 Å². The van der Waals surface area contributed by atoms with Crippen LogP contribution in [0.1, 0.15) is 23.4 Å². The lowest BCUT2D eigenvalue weighted by atomic mass is 10.1. The molecule has 0 aliphatic rings. The highest BCUT2D eigenvalue weighted by molar-refractivity contribution is 7.15. The molecular formula is C13H15F2N3S. The fourth-order valence-corrected chi connectivity index (χ4v) is 2.66. The highest BCUT2D eigenvalue weighted by Gasteiger charge is 2.20. The molecule has 2 N–H and O–H groups in total. The molecule has 19 heavy (non-hydrogen) atoms. The molecular weight excluding hydrogens is 268 g/mol. The summed E-state index contributed by atoms with van der Waals surface area (Å²) in [7, 11) is 1.81. The lowest BCUT2D eigenvalue weighted by Gasteiger charge is -2.25. The van der Waals surface area contributed by atoms with Crippen LogP contribution < -0.4 is 5.73 Å². The van der Waals surface area contributed by atoms with Crippen molar-refractivity contribution in [2.75, 3.05) is 12.8 Å². The van der Waals surface area contributed by atoms with Crippen molar-refractivity contribution in [3.8, 4) is 0 Å². The molecule has 102 valence electrons. The lowest BCUT2D eigenvalue weighted by Crippen LogP contribution is -2.23. The SMILES string of the molecule is CC(c1c(F)cccc1F)N(C)Cc1cnc(N)s1. The first kappa shape index (κ1) is 13.9. The van der Waals surface area contributed by atoms with E-state index in [0.29, 0.717) is 11.7 Å². The van der Waals surface area contributed by atoms with Crippen molar-refractivity contribution >= 4 is 16.5 Å². The van der Waals surface area contributed by atoms with Gasteiger partial charge in [-0.15, -0.1) is 11.3 Å². The number of aromatic nitrogens is 1. The van der Waals surface area contributed by atoms with Gasteiger partial charge in [0.25, 0.3) is 0 Å². The van der Waals surface area contributed by atoms with E-state index in [1.807, 2.05) is 11.9 Å². The van der Waals surface area contributed by atoms with Crippen molar-refractivity contribution in [3.63, 3.8) is 0 Å². The Morgan fingerprint density at radius 3 is 2.53 bits per heavy atom. The predicted molar refractivity (Wildman–Crippen MR) is 72.8 cm³/mol. The highest BCUT2D eigenvalue weighted by atomic mass is 32.1. The molecule has 0 spiro atoms. The standard InChI is InChI=1S/C13H15F2N3S/c1-8(12-10(14)4-3-5-11(12)15)18(2)7-9-6-17-13(16)19-9/h3-6,8H,7H2,1-2H3,(H2,16,17). The van der Waals surface area contributed by atoms with E-state index in [1.165, 1.54) is 29.5 Å². The predicted octanol–water partition coefficient (Wildman–Crippen LogP) is 3.20. The molecule has 6 heteroatoms. The summed E-state index contributed by atoms with van der Waals surface area (Å²) < 4.78 is 27.4. The molecule has 2 rings (SSSR count). The van der Waals surface area contributed by atoms with Crippen molar-refractivity contribution in [2.24, 2.45) is 0 Å². The molecule has 3 nitrogen and oxygen atoms in total. The van der Waals surface area contributed by atoms with Gasteiger partial charge in [-0.2, -0.15) is 0 Å². The van der Waals surface area contributed by atoms with E-state index in [0.717, 1.165) is 4.88 Å². The van der Waals surface area contributed by atoms with Gasteiger partial charge in [-0.3, -0.25) is 4.90 Å². The monoisotopic (exact) mass is 283 g/mol. The first-order valence-electron chi connectivity index (χ1n) is 5.83. The van der Waals surface area contributed by atoms with Crippen molar-refractivity contribution in [1.82, 2.24) is 9.88 Å². The molecule has 0 amide bonds. The third-order valence-corrected chi connectivity index (χ3v) is 3.87. The van der Waals surface area contributed by atoms with E-state index in [9.17, 15) is 8.78 Å². The van der Waals surface area contributed by atoms with E-state index in [4.69, 9.17) is 5.73 Å². The van der Waals surface area contributed by atoms with Gasteiger partial charge in [0, 0.05) is 29.2 Å². The van der Waals surface area contributed by atoms with Crippen LogP contribution in [0.3, 0.4) is 0 Å². The maximum absolute atomic E-state index is 13.7. The number of nitrogens with two attached hydrogens (primary N) is 1. The van der Waals surface area contributed by atoms with Gasteiger partial charge in [0.2, 0.25) is 0 Å². The largest absolute Gasteiger partial charge is 0.375 e. The van der Waals surface area contributed by atoms with E-state index in [-0.39, 0.29) is 11.6 Å². The molecule has 0 aliphatic heterocycles. The summed E-state index contributed by atoms with van der Waals surface area (Å²) in [5, 5.41) is 0.494. The highest BCUT2D eigenvalue weighted by Crippen LogP contribution is 2.27. The van der Waals surface area contributed by atoms with E-state index >= 15 is 0 Å². The number of rotatable bonds is 4. The Kier molecular flexibility index (Phi) is 4.11. The minimum Gasteiger partial charge on any atom is -0.375 e. The molecule has 1 heterocycles. The van der Waals surface area contributed by atoms with Gasteiger partial charge in [-0.05, 0) is 26.1 Å². The minimum absolute atomic E-state index is 0.0856. The quantitative estimate of drug-likeness (QED) is 0.937. The first-order chi connectivity index (χ1) is 8.99. The maximum Gasteiger partial charge on any atom is 0.180 e. The Morgan fingerprint density at radius 2 is 2.00 bits per heavy atom. The van der Waals surface area contributed by atoms with Crippen molar-refractivity contribution < 1.29 is 8.78 Å². The number of nitrogen functional groups attached to an aromatic ring is 1. The van der Waals surface area contributed by atoms with Gasteiger partial charge >= 0.3 is 0 Å². The van der Waals surface area contributed by atoms with E-state index in [1.54, 1.807) is 13.1 Å². The van der Waals surface area contributed by atoms with Crippen molar-refractivity contribution in [2.45, 2.75) is 19.5 Å². The molecule has 0 aliphatic carbocycles. The van der Waals surface area contributed by atoms with Crippen LogP contribution in [-0.4, -0.2) is 16.9 Å². The third-order valence-electron chi connectivity index (χ3n) is 3.06.